The molecule has 0 aliphatic rings. The van der Waals surface area contributed by atoms with Crippen molar-refractivity contribution in [3.63, 3.8) is 0 Å². The van der Waals surface area contributed by atoms with Gasteiger partial charge < -0.3 is 14.6 Å². The summed E-state index contributed by atoms with van der Waals surface area (Å²) in [6.07, 6.45) is 0.349. The highest BCUT2D eigenvalue weighted by Gasteiger charge is 2.23. The van der Waals surface area contributed by atoms with Gasteiger partial charge in [-0.2, -0.15) is 0 Å². The molecule has 3 rings (SSSR count). The number of rotatable bonds is 7. The number of hydrogen-bond acceptors (Lipinski definition) is 3. The second-order valence-corrected chi connectivity index (χ2v) is 5.90. The topological polar surface area (TPSA) is 55.8 Å². The van der Waals surface area contributed by atoms with Crippen LogP contribution in [0.2, 0.25) is 0 Å². The zero-order chi connectivity index (χ0) is 18.4. The van der Waals surface area contributed by atoms with Crippen LogP contribution in [0.3, 0.4) is 0 Å². The molecule has 0 bridgehead atoms. The van der Waals surface area contributed by atoms with Gasteiger partial charge in [-0.05, 0) is 42.3 Å². The highest BCUT2D eigenvalue weighted by molar-refractivity contribution is 5.77. The Kier molecular flexibility index (Phi) is 5.54. The van der Waals surface area contributed by atoms with E-state index in [9.17, 15) is 9.90 Å². The summed E-state index contributed by atoms with van der Waals surface area (Å²) in [5.41, 5.74) is 1.55. The van der Waals surface area contributed by atoms with E-state index in [0.29, 0.717) is 23.5 Å². The zero-order valence-electron chi connectivity index (χ0n) is 14.5. The van der Waals surface area contributed by atoms with Gasteiger partial charge in [0.05, 0.1) is 13.0 Å². The molecule has 0 aromatic heterocycles. The van der Waals surface area contributed by atoms with Gasteiger partial charge in [0.15, 0.2) is 0 Å². The van der Waals surface area contributed by atoms with Crippen LogP contribution >= 0.6 is 0 Å². The molecule has 0 spiro atoms. The average molecular weight is 348 g/mol. The Balaban J connectivity index is 1.84. The van der Waals surface area contributed by atoms with E-state index in [2.05, 4.69) is 0 Å². The second kappa shape index (κ2) is 8.21. The highest BCUT2D eigenvalue weighted by atomic mass is 16.5. The molecule has 0 radical (unpaired) electrons. The van der Waals surface area contributed by atoms with Crippen LogP contribution < -0.4 is 9.47 Å². The standard InChI is InChI=1S/C22H20O4/c1-25-21-13-6-5-12-19(21)20(22(23)24)15-16-8-7-11-18(14-16)26-17-9-3-2-4-10-17/h2-14,20H,15H2,1H3,(H,23,24). The number of hydrogen-bond donors (Lipinski definition) is 1. The smallest absolute Gasteiger partial charge is 0.311 e. The minimum atomic E-state index is -0.885. The number of ether oxygens (including phenoxy) is 2. The van der Waals surface area contributed by atoms with Gasteiger partial charge in [-0.1, -0.05) is 48.5 Å². The third kappa shape index (κ3) is 4.22. The van der Waals surface area contributed by atoms with Crippen molar-refractivity contribution in [1.82, 2.24) is 0 Å². The van der Waals surface area contributed by atoms with Gasteiger partial charge in [-0.15, -0.1) is 0 Å². The number of benzene rings is 3. The fourth-order valence-electron chi connectivity index (χ4n) is 2.88. The van der Waals surface area contributed by atoms with Crippen LogP contribution in [-0.4, -0.2) is 18.2 Å². The van der Waals surface area contributed by atoms with Gasteiger partial charge in [-0.25, -0.2) is 0 Å². The summed E-state index contributed by atoms with van der Waals surface area (Å²) in [6, 6.07) is 24.2. The average Bonchev–Trinajstić information content (AvgIpc) is 2.67. The van der Waals surface area contributed by atoms with Crippen molar-refractivity contribution in [2.45, 2.75) is 12.3 Å². The first-order valence-electron chi connectivity index (χ1n) is 8.35. The molecule has 4 nitrogen and oxygen atoms in total. The fourth-order valence-corrected chi connectivity index (χ4v) is 2.88. The van der Waals surface area contributed by atoms with Gasteiger partial charge in [-0.3, -0.25) is 4.79 Å². The quantitative estimate of drug-likeness (QED) is 0.660. The molecule has 0 heterocycles. The number of carboxylic acid groups (broad SMARTS) is 1. The van der Waals surface area contributed by atoms with Gasteiger partial charge in [0.25, 0.3) is 0 Å². The maximum Gasteiger partial charge on any atom is 0.311 e. The Hall–Kier alpha value is -3.27. The lowest BCUT2D eigenvalue weighted by atomic mass is 9.91. The lowest BCUT2D eigenvalue weighted by Gasteiger charge is -2.16. The number of carbonyl (C=O) groups is 1. The SMILES string of the molecule is COc1ccccc1C(Cc1cccc(Oc2ccccc2)c1)C(=O)O. The number of para-hydroxylation sites is 2. The third-order valence-electron chi connectivity index (χ3n) is 4.13. The van der Waals surface area contributed by atoms with E-state index in [1.165, 1.54) is 0 Å². The normalized spacial score (nSPS) is 11.6. The molecule has 26 heavy (non-hydrogen) atoms. The third-order valence-corrected chi connectivity index (χ3v) is 4.13. The summed E-state index contributed by atoms with van der Waals surface area (Å²) in [5.74, 6) is 0.417. The van der Waals surface area contributed by atoms with E-state index >= 15 is 0 Å². The lowest BCUT2D eigenvalue weighted by Crippen LogP contribution is -2.15. The maximum absolute atomic E-state index is 11.9. The molecule has 1 N–H and O–H groups in total. The van der Waals surface area contributed by atoms with Crippen LogP contribution in [0.25, 0.3) is 0 Å². The van der Waals surface area contributed by atoms with Crippen LogP contribution in [0.4, 0.5) is 0 Å². The first-order chi connectivity index (χ1) is 12.7. The summed E-state index contributed by atoms with van der Waals surface area (Å²) >= 11 is 0. The molecule has 0 aliphatic carbocycles. The summed E-state index contributed by atoms with van der Waals surface area (Å²) in [4.78, 5) is 11.9. The van der Waals surface area contributed by atoms with Crippen molar-refractivity contribution in [2.24, 2.45) is 0 Å². The molecule has 3 aromatic carbocycles. The molecule has 0 fully saturated rings. The molecule has 0 aliphatic heterocycles. The molecule has 0 saturated carbocycles. The maximum atomic E-state index is 11.9. The summed E-state index contributed by atoms with van der Waals surface area (Å²) < 4.78 is 11.2. The van der Waals surface area contributed by atoms with Gasteiger partial charge in [0, 0.05) is 5.56 Å². The van der Waals surface area contributed by atoms with E-state index in [1.54, 1.807) is 19.2 Å². The monoisotopic (exact) mass is 348 g/mol. The van der Waals surface area contributed by atoms with Crippen LogP contribution in [0.1, 0.15) is 17.0 Å². The molecule has 0 amide bonds. The summed E-state index contributed by atoms with van der Waals surface area (Å²) in [6.45, 7) is 0. The van der Waals surface area contributed by atoms with E-state index in [1.807, 2.05) is 66.7 Å². The zero-order valence-corrected chi connectivity index (χ0v) is 14.5. The van der Waals surface area contributed by atoms with Crippen molar-refractivity contribution >= 4 is 5.97 Å². The number of methoxy groups -OCH3 is 1. The Labute approximate surface area is 152 Å². The van der Waals surface area contributed by atoms with Gasteiger partial charge in [0.1, 0.15) is 17.2 Å². The fraction of sp³-hybridized carbons (Fsp3) is 0.136. The lowest BCUT2D eigenvalue weighted by molar-refractivity contribution is -0.138. The molecule has 1 unspecified atom stereocenters. The second-order valence-electron chi connectivity index (χ2n) is 5.90. The number of aliphatic carboxylic acids is 1. The molecule has 1 atom stereocenters. The van der Waals surface area contributed by atoms with Crippen LogP contribution in [0.15, 0.2) is 78.9 Å². The van der Waals surface area contributed by atoms with Gasteiger partial charge in [0.2, 0.25) is 0 Å². The van der Waals surface area contributed by atoms with Crippen molar-refractivity contribution in [1.29, 1.82) is 0 Å². The van der Waals surface area contributed by atoms with Crippen LogP contribution in [-0.2, 0) is 11.2 Å². The highest BCUT2D eigenvalue weighted by Crippen LogP contribution is 2.31. The summed E-state index contributed by atoms with van der Waals surface area (Å²) in [5, 5.41) is 9.73. The van der Waals surface area contributed by atoms with Crippen molar-refractivity contribution in [2.75, 3.05) is 7.11 Å². The van der Waals surface area contributed by atoms with E-state index in [4.69, 9.17) is 9.47 Å². The van der Waals surface area contributed by atoms with Crippen molar-refractivity contribution < 1.29 is 19.4 Å². The first-order valence-corrected chi connectivity index (χ1v) is 8.35. The predicted molar refractivity (Wildman–Crippen MR) is 100 cm³/mol. The van der Waals surface area contributed by atoms with Crippen LogP contribution in [0.5, 0.6) is 17.2 Å². The Morgan fingerprint density at radius 2 is 1.62 bits per heavy atom. The van der Waals surface area contributed by atoms with Crippen molar-refractivity contribution in [3.05, 3.63) is 90.0 Å². The largest absolute Gasteiger partial charge is 0.496 e. The minimum absolute atomic E-state index is 0.349. The van der Waals surface area contributed by atoms with Gasteiger partial charge >= 0.3 is 5.97 Å². The minimum Gasteiger partial charge on any atom is -0.496 e. The summed E-state index contributed by atoms with van der Waals surface area (Å²) in [7, 11) is 1.55. The first kappa shape index (κ1) is 17.5. The van der Waals surface area contributed by atoms with Crippen LogP contribution in [0, 0.1) is 0 Å². The van der Waals surface area contributed by atoms with E-state index in [0.717, 1.165) is 11.3 Å². The van der Waals surface area contributed by atoms with E-state index in [-0.39, 0.29) is 0 Å². The Morgan fingerprint density at radius 3 is 2.35 bits per heavy atom. The number of carboxylic acids is 1. The molecule has 132 valence electrons. The Bertz CT molecular complexity index is 874. The Morgan fingerprint density at radius 1 is 0.923 bits per heavy atom. The molecule has 4 heteroatoms. The predicted octanol–water partition coefficient (Wildman–Crippen LogP) is 4.90. The molecular formula is C22H20O4. The molecule has 3 aromatic rings. The van der Waals surface area contributed by atoms with Crippen molar-refractivity contribution in [3.8, 4) is 17.2 Å². The van der Waals surface area contributed by atoms with E-state index < -0.39 is 11.9 Å². The molecular weight excluding hydrogens is 328 g/mol. The molecule has 0 saturated heterocycles.